The van der Waals surface area contributed by atoms with Gasteiger partial charge in [-0.2, -0.15) is 0 Å². The minimum Gasteiger partial charge on any atom is -0.307 e. The van der Waals surface area contributed by atoms with Crippen molar-refractivity contribution in [2.75, 3.05) is 0 Å². The van der Waals surface area contributed by atoms with Gasteiger partial charge in [-0.15, -0.1) is 0 Å². The van der Waals surface area contributed by atoms with E-state index in [1.54, 1.807) is 0 Å². The number of rotatable bonds is 13. The van der Waals surface area contributed by atoms with Crippen LogP contribution in [0.15, 0.2) is 376 Å². The van der Waals surface area contributed by atoms with Crippen LogP contribution in [-0.2, 0) is 0 Å². The lowest BCUT2D eigenvalue weighted by Gasteiger charge is -2.16. The quantitative estimate of drug-likeness (QED) is 0.112. The van der Waals surface area contributed by atoms with Crippen molar-refractivity contribution >= 4 is 76.2 Å². The van der Waals surface area contributed by atoms with Gasteiger partial charge < -0.3 is 9.13 Å². The molecule has 110 heavy (non-hydrogen) atoms. The largest absolute Gasteiger partial charge is 0.307 e. The predicted octanol–water partition coefficient (Wildman–Crippen LogP) is 24.8. The molecule has 0 bridgehead atoms. The molecule has 512 valence electrons. The zero-order valence-electron chi connectivity index (χ0n) is 59.3. The monoisotopic (exact) mass is 1400 g/mol. The highest BCUT2D eigenvalue weighted by Gasteiger charge is 2.26. The van der Waals surface area contributed by atoms with Crippen LogP contribution in [0.1, 0.15) is 0 Å². The molecule has 0 saturated carbocycles. The van der Waals surface area contributed by atoms with E-state index in [1.807, 2.05) is 42.5 Å². The number of pyridine rings is 2. The Morgan fingerprint density at radius 1 is 0.173 bits per heavy atom. The average molecular weight is 1400 g/mol. The van der Waals surface area contributed by atoms with Gasteiger partial charge >= 0.3 is 0 Å². The third-order valence-electron chi connectivity index (χ3n) is 21.2. The van der Waals surface area contributed by atoms with Crippen molar-refractivity contribution in [3.63, 3.8) is 0 Å². The van der Waals surface area contributed by atoms with Crippen molar-refractivity contribution in [2.24, 2.45) is 0 Å². The molecule has 0 unspecified atom stereocenters. The van der Waals surface area contributed by atoms with Crippen molar-refractivity contribution < 1.29 is 0 Å². The van der Waals surface area contributed by atoms with E-state index >= 15 is 0 Å². The molecule has 21 rings (SSSR count). The molecule has 0 aliphatic rings. The fourth-order valence-electron chi connectivity index (χ4n) is 16.0. The third-order valence-corrected chi connectivity index (χ3v) is 21.2. The van der Waals surface area contributed by atoms with Crippen LogP contribution < -0.4 is 0 Å². The summed E-state index contributed by atoms with van der Waals surface area (Å²) in [6.45, 7) is 0. The Morgan fingerprint density at radius 3 is 1.02 bits per heavy atom. The average Bonchev–Trinajstić information content (AvgIpc) is 1.54. The maximum absolute atomic E-state index is 5.89. The van der Waals surface area contributed by atoms with Crippen LogP contribution in [-0.4, -0.2) is 49.0 Å². The summed E-state index contributed by atoms with van der Waals surface area (Å²) in [7, 11) is 0. The summed E-state index contributed by atoms with van der Waals surface area (Å²) in [6.07, 6.45) is 0. The summed E-state index contributed by atoms with van der Waals surface area (Å²) in [5, 5.41) is 8.71. The molecule has 0 N–H and O–H groups in total. The molecule has 15 aromatic carbocycles. The van der Waals surface area contributed by atoms with Gasteiger partial charge in [-0.05, 0) is 105 Å². The number of fused-ring (bicyclic) bond motifs is 11. The molecule has 0 saturated heterocycles. The molecule has 0 spiro atoms. The number of aromatic nitrogens is 10. The van der Waals surface area contributed by atoms with Crippen LogP contribution in [0.25, 0.3) is 212 Å². The van der Waals surface area contributed by atoms with Crippen molar-refractivity contribution in [3.8, 4) is 136 Å². The van der Waals surface area contributed by atoms with E-state index in [2.05, 4.69) is 343 Å². The Balaban J connectivity index is 0.690. The normalized spacial score (nSPS) is 11.6. The fraction of sp³-hybridized carbons (Fsp3) is 0. The van der Waals surface area contributed by atoms with E-state index in [1.165, 1.54) is 5.39 Å². The first-order valence-corrected chi connectivity index (χ1v) is 37.0. The molecule has 6 heterocycles. The second-order valence-corrected chi connectivity index (χ2v) is 27.7. The summed E-state index contributed by atoms with van der Waals surface area (Å²) in [4.78, 5) is 43.2. The maximum Gasteiger partial charge on any atom is 0.164 e. The Kier molecular flexibility index (Phi) is 15.3. The summed E-state index contributed by atoms with van der Waals surface area (Å²) in [5.41, 5.74) is 23.5. The van der Waals surface area contributed by atoms with Crippen LogP contribution in [0.4, 0.5) is 0 Å². The van der Waals surface area contributed by atoms with Crippen molar-refractivity contribution in [2.45, 2.75) is 0 Å². The minimum atomic E-state index is 0.551. The molecule has 10 nitrogen and oxygen atoms in total. The smallest absolute Gasteiger partial charge is 0.164 e. The van der Waals surface area contributed by atoms with Crippen molar-refractivity contribution in [3.05, 3.63) is 376 Å². The number of hydrogen-bond acceptors (Lipinski definition) is 8. The van der Waals surface area contributed by atoms with Gasteiger partial charge in [-0.1, -0.05) is 315 Å². The molecule has 6 aromatic heterocycles. The molecule has 0 fully saturated rings. The first kappa shape index (κ1) is 63.5. The van der Waals surface area contributed by atoms with E-state index in [0.29, 0.717) is 34.9 Å². The molecule has 0 aliphatic heterocycles. The van der Waals surface area contributed by atoms with Gasteiger partial charge in [0.2, 0.25) is 0 Å². The first-order chi connectivity index (χ1) is 54.5. The predicted molar refractivity (Wildman–Crippen MR) is 450 cm³/mol. The topological polar surface area (TPSA) is 113 Å². The van der Waals surface area contributed by atoms with Crippen molar-refractivity contribution in [1.82, 2.24) is 49.0 Å². The molecule has 0 atom stereocenters. The fourth-order valence-corrected chi connectivity index (χ4v) is 16.0. The summed E-state index contributed by atoms with van der Waals surface area (Å²) in [5.74, 6) is 3.41. The van der Waals surface area contributed by atoms with Crippen molar-refractivity contribution in [1.29, 1.82) is 0 Å². The SMILES string of the molecule is c1ccc(-c2ccc(-c3nc(-c4ccc(-c5ccccc5)cc4)nc(-c4ccc(-c5nc6cc(-c7ccc(-c8nc(-c9ccccc9)nc(-c9cccc(-c%10nc%11ccccc%11c%11c%12ccccc%12n(-c%12ccccc%12)c%10%11)c9)n8)cc7)ccc6c6c7ccccc7n(-c7ccccc7)c56)c5ccccc45)n3)cc2)cc1. The number of nitrogens with zero attached hydrogens (tertiary/aromatic N) is 10. The van der Waals surface area contributed by atoms with Gasteiger partial charge in [-0.25, -0.2) is 39.9 Å². The molecule has 0 radical (unpaired) electrons. The van der Waals surface area contributed by atoms with Crippen LogP contribution in [0.5, 0.6) is 0 Å². The lowest BCUT2D eigenvalue weighted by Crippen LogP contribution is -2.01. The molecular formula is C100H62N10. The van der Waals surface area contributed by atoms with Crippen LogP contribution >= 0.6 is 0 Å². The Labute approximate surface area is 633 Å². The minimum absolute atomic E-state index is 0.551. The Hall–Kier alpha value is -15.0. The van der Waals surface area contributed by atoms with E-state index in [4.69, 9.17) is 39.9 Å². The van der Waals surface area contributed by atoms with Gasteiger partial charge in [0.1, 0.15) is 0 Å². The van der Waals surface area contributed by atoms with Gasteiger partial charge in [-0.3, -0.25) is 0 Å². The molecule has 10 heteroatoms. The van der Waals surface area contributed by atoms with Crippen LogP contribution in [0.2, 0.25) is 0 Å². The zero-order valence-corrected chi connectivity index (χ0v) is 59.3. The molecular weight excluding hydrogens is 1340 g/mol. The Morgan fingerprint density at radius 2 is 0.500 bits per heavy atom. The van der Waals surface area contributed by atoms with Gasteiger partial charge in [0, 0.05) is 88.2 Å². The number of benzene rings is 15. The van der Waals surface area contributed by atoms with Gasteiger partial charge in [0.05, 0.1) is 44.5 Å². The lowest BCUT2D eigenvalue weighted by atomic mass is 9.94. The lowest BCUT2D eigenvalue weighted by molar-refractivity contribution is 1.07. The highest BCUT2D eigenvalue weighted by molar-refractivity contribution is 6.26. The van der Waals surface area contributed by atoms with Gasteiger partial charge in [0.25, 0.3) is 0 Å². The van der Waals surface area contributed by atoms with E-state index in [0.717, 1.165) is 171 Å². The summed E-state index contributed by atoms with van der Waals surface area (Å²) < 4.78 is 4.74. The van der Waals surface area contributed by atoms with Crippen LogP contribution in [0.3, 0.4) is 0 Å². The molecule has 21 aromatic rings. The second kappa shape index (κ2) is 26.5. The van der Waals surface area contributed by atoms with E-state index in [9.17, 15) is 0 Å². The van der Waals surface area contributed by atoms with Crippen LogP contribution in [0, 0.1) is 0 Å². The standard InChI is InChI=1S/C100H62N10/c1-6-25-63(26-7-1)65-45-51-70(52-46-65)97-104-98(71-53-47-66(48-54-71)64-27-8-2-9-28-64)108-100(107-97)80-60-59-79(77-37-16-17-38-78(77)80)92-94-90(84-41-20-23-44-88(84)110(94)76-35-14-5-15-36-76)82-58-57-72(62-86(82)102-92)67-49-55-69(56-50-67)96-103-95(68-29-10-3-11-30-68)105-99(106-96)74-32-24-31-73(61-74)91-93-89(81-39-18-21-42-85(81)101-91)83-40-19-22-43-87(83)109(93)75-33-12-4-13-34-75/h1-62H. The molecule has 0 aliphatic carbocycles. The highest BCUT2D eigenvalue weighted by atomic mass is 15.1. The first-order valence-electron chi connectivity index (χ1n) is 37.0. The zero-order chi connectivity index (χ0) is 72.6. The van der Waals surface area contributed by atoms with E-state index in [-0.39, 0.29) is 0 Å². The third kappa shape index (κ3) is 11.0. The van der Waals surface area contributed by atoms with Gasteiger partial charge in [0.15, 0.2) is 34.9 Å². The molecule has 0 amide bonds. The number of hydrogen-bond donors (Lipinski definition) is 0. The highest BCUT2D eigenvalue weighted by Crippen LogP contribution is 2.47. The number of para-hydroxylation sites is 5. The maximum atomic E-state index is 5.89. The second-order valence-electron chi connectivity index (χ2n) is 27.7. The van der Waals surface area contributed by atoms with E-state index < -0.39 is 0 Å². The summed E-state index contributed by atoms with van der Waals surface area (Å²) in [6, 6.07) is 132. The Bertz CT molecular complexity index is 7050. The summed E-state index contributed by atoms with van der Waals surface area (Å²) >= 11 is 0.